The number of hydrogen-bond donors (Lipinski definition) is 0. The normalized spacial score (nSPS) is 19.1. The predicted molar refractivity (Wildman–Crippen MR) is 200 cm³/mol. The van der Waals surface area contributed by atoms with Crippen LogP contribution < -0.4 is 0 Å². The van der Waals surface area contributed by atoms with E-state index in [-0.39, 0.29) is 11.9 Å². The summed E-state index contributed by atoms with van der Waals surface area (Å²) in [6.45, 7) is 8.74. The van der Waals surface area contributed by atoms with Crippen LogP contribution in [0, 0.1) is 0 Å². The molecule has 3 heteroatoms. The Morgan fingerprint density at radius 3 is 1.62 bits per heavy atom. The summed E-state index contributed by atoms with van der Waals surface area (Å²) in [5, 5.41) is 0. The molecule has 1 aliphatic heterocycles. The van der Waals surface area contributed by atoms with Gasteiger partial charge in [-0.25, -0.2) is 0 Å². The Labute approximate surface area is 283 Å². The number of nitrogens with zero attached hydrogens (tertiary/aromatic N) is 1. The molecule has 0 spiro atoms. The van der Waals surface area contributed by atoms with Gasteiger partial charge in [0.05, 0.1) is 12.7 Å². The maximum absolute atomic E-state index is 6.69. The van der Waals surface area contributed by atoms with Crippen molar-refractivity contribution in [3.05, 3.63) is 23.8 Å². The first-order chi connectivity index (χ1) is 22.0. The fraction of sp³-hybridized carbons (Fsp3) is 0.905. The Bertz CT molecular complexity index is 686. The molecule has 0 N–H and O–H groups in total. The molecular formula is C42H81NO2. The van der Waals surface area contributed by atoms with E-state index < -0.39 is 0 Å². The molecule has 1 heterocycles. The summed E-state index contributed by atoms with van der Waals surface area (Å²) in [5.41, 5.74) is 1.53. The van der Waals surface area contributed by atoms with Gasteiger partial charge in [-0.3, -0.25) is 0 Å². The summed E-state index contributed by atoms with van der Waals surface area (Å²) in [6, 6.07) is 0. The molecule has 0 bridgehead atoms. The average molecular weight is 632 g/mol. The Morgan fingerprint density at radius 1 is 0.622 bits per heavy atom. The van der Waals surface area contributed by atoms with Gasteiger partial charge in [-0.1, -0.05) is 160 Å². The summed E-state index contributed by atoms with van der Waals surface area (Å²) in [4.78, 5) is 2.26. The third-order valence-corrected chi connectivity index (χ3v) is 9.81. The van der Waals surface area contributed by atoms with Crippen molar-refractivity contribution in [1.29, 1.82) is 0 Å². The van der Waals surface area contributed by atoms with Crippen molar-refractivity contribution in [3.8, 4) is 0 Å². The van der Waals surface area contributed by atoms with Crippen LogP contribution in [-0.4, -0.2) is 44.0 Å². The number of ether oxygens (including phenoxy) is 2. The van der Waals surface area contributed by atoms with E-state index >= 15 is 0 Å². The first-order valence-corrected chi connectivity index (χ1v) is 20.3. The lowest BCUT2D eigenvalue weighted by Crippen LogP contribution is -2.31. The smallest absolute Gasteiger partial charge is 0.168 e. The second kappa shape index (κ2) is 30.7. The summed E-state index contributed by atoms with van der Waals surface area (Å²) >= 11 is 0. The van der Waals surface area contributed by atoms with Crippen molar-refractivity contribution in [1.82, 2.24) is 4.90 Å². The van der Waals surface area contributed by atoms with Crippen LogP contribution in [0.5, 0.6) is 0 Å². The van der Waals surface area contributed by atoms with Crippen molar-refractivity contribution < 1.29 is 9.47 Å². The van der Waals surface area contributed by atoms with E-state index in [1.54, 1.807) is 0 Å². The standard InChI is InChI=1S/C42H81NO2/c1-6-8-10-12-14-15-16-17-18-19-20-23-27-31-36-42(44-39-41(45-42)35-38-43(4)5)37-32-28-24-21-22-26-30-34-40(3)33-29-25-13-11-9-7-2/h25,29,34,41H,6-24,26-28,30-33,35-39H2,1-5H3/b29-25-,40-34+. The van der Waals surface area contributed by atoms with Crippen LogP contribution in [0.25, 0.3) is 0 Å². The van der Waals surface area contributed by atoms with Gasteiger partial charge in [0.25, 0.3) is 0 Å². The minimum atomic E-state index is -0.305. The molecule has 266 valence electrons. The zero-order valence-corrected chi connectivity index (χ0v) is 31.5. The highest BCUT2D eigenvalue weighted by Crippen LogP contribution is 2.35. The minimum Gasteiger partial charge on any atom is -0.347 e. The van der Waals surface area contributed by atoms with Gasteiger partial charge in [0.1, 0.15) is 0 Å². The number of rotatable bonds is 33. The summed E-state index contributed by atoms with van der Waals surface area (Å²) in [5.74, 6) is -0.305. The first-order valence-electron chi connectivity index (χ1n) is 20.3. The molecule has 2 unspecified atom stereocenters. The Morgan fingerprint density at radius 2 is 1.09 bits per heavy atom. The molecule has 0 radical (unpaired) electrons. The van der Waals surface area contributed by atoms with Crippen LogP contribution >= 0.6 is 0 Å². The highest BCUT2D eigenvalue weighted by Gasteiger charge is 2.40. The minimum absolute atomic E-state index is 0.270. The lowest BCUT2D eigenvalue weighted by atomic mass is 9.98. The molecule has 2 atom stereocenters. The molecule has 0 amide bonds. The molecule has 0 saturated carbocycles. The van der Waals surface area contributed by atoms with Gasteiger partial charge in [0.15, 0.2) is 5.79 Å². The molecule has 0 aromatic heterocycles. The van der Waals surface area contributed by atoms with Crippen molar-refractivity contribution in [3.63, 3.8) is 0 Å². The molecule has 0 aromatic carbocycles. The van der Waals surface area contributed by atoms with Crippen molar-refractivity contribution in [2.45, 2.75) is 219 Å². The fourth-order valence-corrected chi connectivity index (χ4v) is 6.71. The van der Waals surface area contributed by atoms with Gasteiger partial charge < -0.3 is 14.4 Å². The Kier molecular flexibility index (Phi) is 28.9. The highest BCUT2D eigenvalue weighted by atomic mass is 16.7. The van der Waals surface area contributed by atoms with Gasteiger partial charge in [-0.05, 0) is 72.4 Å². The Balaban J connectivity index is 2.18. The molecule has 1 rings (SSSR count). The molecule has 0 aromatic rings. The summed E-state index contributed by atoms with van der Waals surface area (Å²) in [6.07, 6.45) is 46.0. The van der Waals surface area contributed by atoms with Crippen LogP contribution in [0.2, 0.25) is 0 Å². The highest BCUT2D eigenvalue weighted by molar-refractivity contribution is 5.04. The van der Waals surface area contributed by atoms with Crippen molar-refractivity contribution >= 4 is 0 Å². The fourth-order valence-electron chi connectivity index (χ4n) is 6.71. The lowest BCUT2D eigenvalue weighted by molar-refractivity contribution is -0.180. The second-order valence-corrected chi connectivity index (χ2v) is 14.8. The third-order valence-electron chi connectivity index (χ3n) is 9.81. The first kappa shape index (κ1) is 42.4. The molecule has 1 saturated heterocycles. The van der Waals surface area contributed by atoms with E-state index in [0.29, 0.717) is 0 Å². The predicted octanol–water partition coefficient (Wildman–Crippen LogP) is 13.5. The van der Waals surface area contributed by atoms with Gasteiger partial charge in [0.2, 0.25) is 0 Å². The van der Waals surface area contributed by atoms with E-state index in [1.807, 2.05) is 0 Å². The summed E-state index contributed by atoms with van der Waals surface area (Å²) in [7, 11) is 4.31. The number of allylic oxidation sites excluding steroid dienone is 4. The van der Waals surface area contributed by atoms with E-state index in [9.17, 15) is 0 Å². The number of hydrogen-bond acceptors (Lipinski definition) is 3. The average Bonchev–Trinajstić information content (AvgIpc) is 3.44. The zero-order valence-electron chi connectivity index (χ0n) is 31.5. The van der Waals surface area contributed by atoms with Gasteiger partial charge in [-0.15, -0.1) is 0 Å². The third kappa shape index (κ3) is 26.1. The SMILES string of the molecule is CCCCC/C=C\C/C(C)=C/CCCCCCCCC1(CCCCCCCCCCCCCCCC)OCC(CCN(C)C)O1. The van der Waals surface area contributed by atoms with E-state index in [2.05, 4.69) is 58.0 Å². The van der Waals surface area contributed by atoms with Crippen LogP contribution in [0.15, 0.2) is 23.8 Å². The largest absolute Gasteiger partial charge is 0.347 e. The topological polar surface area (TPSA) is 21.7 Å². The monoisotopic (exact) mass is 632 g/mol. The quantitative estimate of drug-likeness (QED) is 0.0531. The molecule has 1 aliphatic rings. The zero-order chi connectivity index (χ0) is 32.7. The van der Waals surface area contributed by atoms with E-state index in [1.165, 1.54) is 166 Å². The van der Waals surface area contributed by atoms with Crippen molar-refractivity contribution in [2.24, 2.45) is 0 Å². The second-order valence-electron chi connectivity index (χ2n) is 14.8. The maximum Gasteiger partial charge on any atom is 0.168 e. The van der Waals surface area contributed by atoms with Gasteiger partial charge >= 0.3 is 0 Å². The van der Waals surface area contributed by atoms with Crippen LogP contribution in [0.1, 0.15) is 207 Å². The molecule has 3 nitrogen and oxygen atoms in total. The number of unbranched alkanes of at least 4 members (excludes halogenated alkanes) is 22. The van der Waals surface area contributed by atoms with Gasteiger partial charge in [-0.2, -0.15) is 0 Å². The Hall–Kier alpha value is -0.640. The molecule has 45 heavy (non-hydrogen) atoms. The molecule has 1 fully saturated rings. The van der Waals surface area contributed by atoms with Gasteiger partial charge in [0, 0.05) is 19.4 Å². The molecular weight excluding hydrogens is 550 g/mol. The van der Waals surface area contributed by atoms with E-state index in [4.69, 9.17) is 9.47 Å². The van der Waals surface area contributed by atoms with E-state index in [0.717, 1.165) is 38.8 Å². The van der Waals surface area contributed by atoms with Crippen molar-refractivity contribution in [2.75, 3.05) is 27.2 Å². The molecule has 0 aliphatic carbocycles. The maximum atomic E-state index is 6.69. The van der Waals surface area contributed by atoms with Crippen LogP contribution in [0.3, 0.4) is 0 Å². The summed E-state index contributed by atoms with van der Waals surface area (Å²) < 4.78 is 13.2. The lowest BCUT2D eigenvalue weighted by Gasteiger charge is -2.29. The van der Waals surface area contributed by atoms with Crippen LogP contribution in [0.4, 0.5) is 0 Å². The van der Waals surface area contributed by atoms with Crippen LogP contribution in [-0.2, 0) is 9.47 Å².